The van der Waals surface area contributed by atoms with Gasteiger partial charge >= 0.3 is 0 Å². The highest BCUT2D eigenvalue weighted by molar-refractivity contribution is 7.99. The van der Waals surface area contributed by atoms with Crippen LogP contribution >= 0.6 is 23.1 Å². The highest BCUT2D eigenvalue weighted by atomic mass is 32.2. The van der Waals surface area contributed by atoms with Crippen molar-refractivity contribution in [2.45, 2.75) is 57.1 Å². The molecule has 1 aliphatic carbocycles. The number of anilines is 1. The molecule has 0 radical (unpaired) electrons. The van der Waals surface area contributed by atoms with Crippen molar-refractivity contribution in [2.24, 2.45) is 0 Å². The van der Waals surface area contributed by atoms with Gasteiger partial charge in [-0.1, -0.05) is 44.7 Å². The quantitative estimate of drug-likeness (QED) is 0.285. The highest BCUT2D eigenvalue weighted by Gasteiger charge is 2.23. The van der Waals surface area contributed by atoms with Gasteiger partial charge in [0.2, 0.25) is 5.91 Å². The number of rotatable bonds is 7. The van der Waals surface area contributed by atoms with Crippen molar-refractivity contribution >= 4 is 44.9 Å². The van der Waals surface area contributed by atoms with Crippen LogP contribution in [0.5, 0.6) is 5.75 Å². The molecular formula is C25H29N3O3S2. The van der Waals surface area contributed by atoms with Crippen LogP contribution in [0, 0.1) is 0 Å². The number of carbonyl (C=O) groups excluding carboxylic acids is 1. The van der Waals surface area contributed by atoms with Crippen molar-refractivity contribution in [1.29, 1.82) is 0 Å². The van der Waals surface area contributed by atoms with Crippen molar-refractivity contribution in [3.05, 3.63) is 57.2 Å². The number of thioether (sulfide) groups is 1. The lowest BCUT2D eigenvalue weighted by molar-refractivity contribution is -0.113. The molecule has 33 heavy (non-hydrogen) atoms. The van der Waals surface area contributed by atoms with Gasteiger partial charge in [0.15, 0.2) is 5.16 Å². The summed E-state index contributed by atoms with van der Waals surface area (Å²) < 4.78 is 7.06. The molecular weight excluding hydrogens is 454 g/mol. The first-order chi connectivity index (χ1) is 15.7. The lowest BCUT2D eigenvalue weighted by atomic mass is 9.87. The number of carbonyl (C=O) groups is 1. The topological polar surface area (TPSA) is 73.2 Å². The fourth-order valence-electron chi connectivity index (χ4n) is 4.05. The number of benzene rings is 1. The first kappa shape index (κ1) is 23.6. The molecule has 0 spiro atoms. The Morgan fingerprint density at radius 1 is 1.36 bits per heavy atom. The summed E-state index contributed by atoms with van der Waals surface area (Å²) in [6.45, 7) is 10.5. The Morgan fingerprint density at radius 3 is 2.85 bits per heavy atom. The van der Waals surface area contributed by atoms with E-state index in [2.05, 4.69) is 32.7 Å². The van der Waals surface area contributed by atoms with E-state index >= 15 is 0 Å². The normalized spacial score (nSPS) is 13.2. The summed E-state index contributed by atoms with van der Waals surface area (Å²) in [5.41, 5.74) is 2.80. The van der Waals surface area contributed by atoms with Crippen molar-refractivity contribution in [2.75, 3.05) is 18.2 Å². The third-order valence-electron chi connectivity index (χ3n) is 5.77. The van der Waals surface area contributed by atoms with E-state index in [4.69, 9.17) is 9.72 Å². The van der Waals surface area contributed by atoms with Gasteiger partial charge in [-0.25, -0.2) is 4.98 Å². The molecule has 0 atom stereocenters. The third-order valence-corrected chi connectivity index (χ3v) is 7.94. The maximum Gasteiger partial charge on any atom is 0.263 e. The largest absolute Gasteiger partial charge is 0.495 e. The zero-order valence-electron chi connectivity index (χ0n) is 19.5. The average Bonchev–Trinajstić information content (AvgIpc) is 3.34. The van der Waals surface area contributed by atoms with Gasteiger partial charge in [0, 0.05) is 11.4 Å². The smallest absolute Gasteiger partial charge is 0.263 e. The van der Waals surface area contributed by atoms with E-state index in [1.54, 1.807) is 29.1 Å². The van der Waals surface area contributed by atoms with Crippen molar-refractivity contribution in [3.63, 3.8) is 0 Å². The molecule has 3 aromatic rings. The molecule has 1 aromatic carbocycles. The van der Waals surface area contributed by atoms with Crippen molar-refractivity contribution in [3.8, 4) is 5.75 Å². The van der Waals surface area contributed by atoms with Crippen LogP contribution in [0.4, 0.5) is 5.69 Å². The number of allylic oxidation sites excluding steroid dienone is 1. The number of nitrogens with zero attached hydrogens (tertiary/aromatic N) is 2. The molecule has 2 heterocycles. The Labute approximate surface area is 202 Å². The molecule has 0 saturated carbocycles. The molecule has 2 aromatic heterocycles. The number of aryl methyl sites for hydroxylation is 2. The van der Waals surface area contributed by atoms with E-state index in [-0.39, 0.29) is 22.6 Å². The number of thiophene rings is 1. The Morgan fingerprint density at radius 2 is 2.15 bits per heavy atom. The first-order valence-corrected chi connectivity index (χ1v) is 12.8. The second kappa shape index (κ2) is 9.35. The number of fused-ring (bicyclic) bond motifs is 3. The summed E-state index contributed by atoms with van der Waals surface area (Å²) in [6, 6.07) is 5.83. The summed E-state index contributed by atoms with van der Waals surface area (Å²) in [5, 5.41) is 4.24. The number of amides is 1. The van der Waals surface area contributed by atoms with Crippen LogP contribution in [0.25, 0.3) is 10.2 Å². The monoisotopic (exact) mass is 483 g/mol. The van der Waals surface area contributed by atoms with Gasteiger partial charge in [-0.2, -0.15) is 0 Å². The molecule has 1 amide bonds. The zero-order chi connectivity index (χ0) is 23.8. The first-order valence-electron chi connectivity index (χ1n) is 11.0. The standard InChI is InChI=1S/C25H29N3O3S2/c1-6-12-28-23(30)21-16-8-7-9-19(16)33-22(21)27-24(28)32-14-20(29)26-17-13-15(25(2,3)4)10-11-18(17)31-5/h6,10-11,13H,1,7-9,12,14H2,2-5H3,(H,26,29). The van der Waals surface area contributed by atoms with Crippen LogP contribution in [0.2, 0.25) is 0 Å². The maximum absolute atomic E-state index is 13.3. The lowest BCUT2D eigenvalue weighted by Gasteiger charge is -2.21. The summed E-state index contributed by atoms with van der Waals surface area (Å²) in [6.07, 6.45) is 4.73. The maximum atomic E-state index is 13.3. The Bertz CT molecular complexity index is 1280. The van der Waals surface area contributed by atoms with Gasteiger partial charge in [-0.3, -0.25) is 14.2 Å². The minimum atomic E-state index is -0.183. The molecule has 0 bridgehead atoms. The molecule has 0 fully saturated rings. The van der Waals surface area contributed by atoms with Crippen molar-refractivity contribution in [1.82, 2.24) is 9.55 Å². The molecule has 4 rings (SSSR count). The molecule has 0 aliphatic heterocycles. The van der Waals surface area contributed by atoms with E-state index in [0.29, 0.717) is 23.1 Å². The van der Waals surface area contributed by atoms with Crippen LogP contribution in [-0.2, 0) is 29.6 Å². The summed E-state index contributed by atoms with van der Waals surface area (Å²) in [4.78, 5) is 32.9. The van der Waals surface area contributed by atoms with Crippen LogP contribution in [0.1, 0.15) is 43.2 Å². The Balaban J connectivity index is 1.58. The number of methoxy groups -OCH3 is 1. The van der Waals surface area contributed by atoms with E-state index < -0.39 is 0 Å². The van der Waals surface area contributed by atoms with E-state index in [0.717, 1.165) is 40.6 Å². The predicted molar refractivity (Wildman–Crippen MR) is 137 cm³/mol. The number of ether oxygens (including phenoxy) is 1. The molecule has 8 heteroatoms. The van der Waals surface area contributed by atoms with Gasteiger partial charge < -0.3 is 10.1 Å². The second-order valence-corrected chi connectivity index (χ2v) is 11.2. The lowest BCUT2D eigenvalue weighted by Crippen LogP contribution is -2.24. The minimum absolute atomic E-state index is 0.0400. The highest BCUT2D eigenvalue weighted by Crippen LogP contribution is 2.36. The number of hydrogen-bond acceptors (Lipinski definition) is 6. The van der Waals surface area contributed by atoms with Crippen molar-refractivity contribution < 1.29 is 9.53 Å². The van der Waals surface area contributed by atoms with Crippen LogP contribution in [0.15, 0.2) is 40.8 Å². The summed E-state index contributed by atoms with van der Waals surface area (Å²) >= 11 is 2.87. The van der Waals surface area contributed by atoms with Crippen LogP contribution < -0.4 is 15.6 Å². The second-order valence-electron chi connectivity index (χ2n) is 9.14. The van der Waals surface area contributed by atoms with Crippen LogP contribution in [-0.4, -0.2) is 28.3 Å². The molecule has 6 nitrogen and oxygen atoms in total. The molecule has 1 aliphatic rings. The molecule has 0 saturated heterocycles. The van der Waals surface area contributed by atoms with E-state index in [1.807, 2.05) is 18.2 Å². The van der Waals surface area contributed by atoms with Gasteiger partial charge in [-0.15, -0.1) is 17.9 Å². The van der Waals surface area contributed by atoms with E-state index in [1.165, 1.54) is 16.6 Å². The Kier molecular flexibility index (Phi) is 6.68. The fraction of sp³-hybridized carbons (Fsp3) is 0.400. The number of hydrogen-bond donors (Lipinski definition) is 1. The Hall–Kier alpha value is -2.58. The third kappa shape index (κ3) is 4.73. The predicted octanol–water partition coefficient (Wildman–Crippen LogP) is 5.17. The van der Waals surface area contributed by atoms with Gasteiger partial charge in [0.1, 0.15) is 10.6 Å². The number of nitrogens with one attached hydrogen (secondary N) is 1. The zero-order valence-corrected chi connectivity index (χ0v) is 21.1. The SMILES string of the molecule is C=CCn1c(SCC(=O)Nc2cc(C(C)(C)C)ccc2OC)nc2sc3c(c2c1=O)CCC3. The van der Waals surface area contributed by atoms with Gasteiger partial charge in [-0.05, 0) is 47.9 Å². The van der Waals surface area contributed by atoms with Gasteiger partial charge in [0.05, 0.1) is 23.9 Å². The summed E-state index contributed by atoms with van der Waals surface area (Å²) in [5.74, 6) is 0.554. The minimum Gasteiger partial charge on any atom is -0.495 e. The summed E-state index contributed by atoms with van der Waals surface area (Å²) in [7, 11) is 1.59. The van der Waals surface area contributed by atoms with Crippen LogP contribution in [0.3, 0.4) is 0 Å². The molecule has 0 unspecified atom stereocenters. The average molecular weight is 484 g/mol. The van der Waals surface area contributed by atoms with E-state index in [9.17, 15) is 9.59 Å². The molecule has 174 valence electrons. The fourth-order valence-corrected chi connectivity index (χ4v) is 6.16. The number of aromatic nitrogens is 2. The molecule has 1 N–H and O–H groups in total. The van der Waals surface area contributed by atoms with Gasteiger partial charge in [0.25, 0.3) is 5.56 Å².